The average molecular weight is 335 g/mol. The number of aromatic nitrogens is 2. The highest BCUT2D eigenvalue weighted by Crippen LogP contribution is 2.32. The van der Waals surface area contributed by atoms with Gasteiger partial charge in [0.15, 0.2) is 9.84 Å². The topological polar surface area (TPSA) is 90.3 Å². The zero-order chi connectivity index (χ0) is 16.4. The lowest BCUT2D eigenvalue weighted by molar-refractivity contribution is -0.120. The highest BCUT2D eigenvalue weighted by atomic mass is 32.2. The van der Waals surface area contributed by atoms with Gasteiger partial charge in [-0.15, -0.1) is 0 Å². The van der Waals surface area contributed by atoms with Crippen molar-refractivity contribution in [2.45, 2.75) is 18.4 Å². The average Bonchev–Trinajstić information content (AvgIpc) is 2.99. The summed E-state index contributed by atoms with van der Waals surface area (Å²) in [6.45, 7) is 2.14. The number of carbonyl (C=O) groups excluding carboxylic acids is 1. The van der Waals surface area contributed by atoms with Crippen molar-refractivity contribution >= 4 is 21.6 Å². The number of nitrogens with zero attached hydrogens (tertiary/aromatic N) is 2. The highest BCUT2D eigenvalue weighted by Gasteiger charge is 2.33. The Bertz CT molecular complexity index is 828. The van der Waals surface area contributed by atoms with E-state index in [1.54, 1.807) is 11.6 Å². The molecule has 1 N–H and O–H groups in total. The van der Waals surface area contributed by atoms with Crippen molar-refractivity contribution < 1.29 is 17.9 Å². The number of anilines is 1. The summed E-state index contributed by atoms with van der Waals surface area (Å²) in [5.41, 5.74) is 1.80. The van der Waals surface area contributed by atoms with E-state index >= 15 is 0 Å². The first kappa shape index (κ1) is 15.7. The first-order chi connectivity index (χ1) is 11.0. The Balaban J connectivity index is 1.99. The summed E-state index contributed by atoms with van der Waals surface area (Å²) in [6, 6.07) is 9.26. The molecule has 3 rings (SSSR count). The summed E-state index contributed by atoms with van der Waals surface area (Å²) in [6.07, 6.45) is 0. The number of hydrogen-bond acceptors (Lipinski definition) is 5. The number of sulfone groups is 1. The number of carbonyl (C=O) groups is 1. The molecule has 1 aromatic carbocycles. The number of fused-ring (bicyclic) bond motifs is 1. The van der Waals surface area contributed by atoms with Crippen LogP contribution < -0.4 is 5.32 Å². The van der Waals surface area contributed by atoms with Gasteiger partial charge in [0.25, 0.3) is 5.91 Å². The van der Waals surface area contributed by atoms with Crippen LogP contribution in [0.25, 0.3) is 5.69 Å². The lowest BCUT2D eigenvalue weighted by Gasteiger charge is -2.11. The third-order valence-corrected chi connectivity index (χ3v) is 4.93. The van der Waals surface area contributed by atoms with Crippen LogP contribution in [0, 0.1) is 0 Å². The van der Waals surface area contributed by atoms with Crippen LogP contribution in [-0.4, -0.2) is 37.3 Å². The molecule has 0 spiro atoms. The standard InChI is InChI=1S/C15H17N3O4S/c1-2-22-8-14(19)16-15-12-9-23(20,21)10-13(12)17-18(15)11-6-4-3-5-7-11/h3-7H,2,8-10H2,1H3,(H,16,19). The Labute approximate surface area is 134 Å². The summed E-state index contributed by atoms with van der Waals surface area (Å²) in [5, 5.41) is 7.11. The molecule has 2 aromatic rings. The fourth-order valence-electron chi connectivity index (χ4n) is 2.49. The predicted octanol–water partition coefficient (Wildman–Crippen LogP) is 1.28. The molecule has 0 unspecified atom stereocenters. The van der Waals surface area contributed by atoms with E-state index in [1.165, 1.54) is 0 Å². The van der Waals surface area contributed by atoms with Crippen LogP contribution in [0.1, 0.15) is 18.2 Å². The third-order valence-electron chi connectivity index (χ3n) is 3.48. The molecule has 0 bridgehead atoms. The summed E-state index contributed by atoms with van der Waals surface area (Å²) in [7, 11) is -3.19. The van der Waals surface area contributed by atoms with Crippen molar-refractivity contribution in [3.63, 3.8) is 0 Å². The van der Waals surface area contributed by atoms with Gasteiger partial charge in [-0.1, -0.05) is 18.2 Å². The maximum atomic E-state index is 12.0. The molecule has 0 fully saturated rings. The first-order valence-corrected chi connectivity index (χ1v) is 9.06. The second kappa shape index (κ2) is 6.13. The van der Waals surface area contributed by atoms with E-state index in [4.69, 9.17) is 4.74 Å². The summed E-state index contributed by atoms with van der Waals surface area (Å²) >= 11 is 0. The fourth-order valence-corrected chi connectivity index (χ4v) is 3.98. The number of rotatable bonds is 5. The van der Waals surface area contributed by atoms with Crippen molar-refractivity contribution in [1.29, 1.82) is 0 Å². The normalized spacial score (nSPS) is 15.3. The third kappa shape index (κ3) is 3.27. The van der Waals surface area contributed by atoms with E-state index in [0.717, 1.165) is 5.69 Å². The van der Waals surface area contributed by atoms with Gasteiger partial charge in [0.05, 0.1) is 22.9 Å². The Kier molecular flexibility index (Phi) is 4.18. The van der Waals surface area contributed by atoms with E-state index in [0.29, 0.717) is 23.7 Å². The molecule has 0 saturated carbocycles. The van der Waals surface area contributed by atoms with Crippen LogP contribution in [0.3, 0.4) is 0 Å². The minimum Gasteiger partial charge on any atom is -0.372 e. The molecular formula is C15H17N3O4S. The maximum Gasteiger partial charge on any atom is 0.251 e. The van der Waals surface area contributed by atoms with Gasteiger partial charge in [0.1, 0.15) is 12.4 Å². The van der Waals surface area contributed by atoms with Gasteiger partial charge < -0.3 is 10.1 Å². The van der Waals surface area contributed by atoms with Gasteiger partial charge in [-0.2, -0.15) is 5.10 Å². The van der Waals surface area contributed by atoms with Crippen LogP contribution in [0.15, 0.2) is 30.3 Å². The molecule has 1 aromatic heterocycles. The molecule has 0 atom stereocenters. The lowest BCUT2D eigenvalue weighted by atomic mass is 10.2. The van der Waals surface area contributed by atoms with Crippen molar-refractivity contribution in [3.05, 3.63) is 41.6 Å². The zero-order valence-corrected chi connectivity index (χ0v) is 13.5. The SMILES string of the molecule is CCOCC(=O)Nc1c2c(nn1-c1ccccc1)CS(=O)(=O)C2. The van der Waals surface area contributed by atoms with Crippen LogP contribution in [-0.2, 0) is 30.9 Å². The van der Waals surface area contributed by atoms with Gasteiger partial charge in [0.2, 0.25) is 0 Å². The van der Waals surface area contributed by atoms with Crippen molar-refractivity contribution in [2.24, 2.45) is 0 Å². The van der Waals surface area contributed by atoms with Crippen LogP contribution in [0.2, 0.25) is 0 Å². The molecule has 2 heterocycles. The molecule has 1 aliphatic heterocycles. The quantitative estimate of drug-likeness (QED) is 0.889. The van der Waals surface area contributed by atoms with Crippen molar-refractivity contribution in [3.8, 4) is 5.69 Å². The van der Waals surface area contributed by atoms with Gasteiger partial charge in [0, 0.05) is 12.2 Å². The monoisotopic (exact) mass is 335 g/mol. The van der Waals surface area contributed by atoms with Gasteiger partial charge >= 0.3 is 0 Å². The van der Waals surface area contributed by atoms with E-state index < -0.39 is 9.84 Å². The fraction of sp³-hybridized carbons (Fsp3) is 0.333. The predicted molar refractivity (Wildman–Crippen MR) is 85.0 cm³/mol. The number of benzene rings is 1. The molecule has 7 nitrogen and oxygen atoms in total. The zero-order valence-electron chi connectivity index (χ0n) is 12.7. The van der Waals surface area contributed by atoms with E-state index in [2.05, 4.69) is 10.4 Å². The summed E-state index contributed by atoms with van der Waals surface area (Å²) in [5.74, 6) is -0.149. The second-order valence-corrected chi connectivity index (χ2v) is 7.30. The lowest BCUT2D eigenvalue weighted by Crippen LogP contribution is -2.21. The Morgan fingerprint density at radius 3 is 2.74 bits per heavy atom. The summed E-state index contributed by atoms with van der Waals surface area (Å²) < 4.78 is 30.3. The molecule has 122 valence electrons. The largest absolute Gasteiger partial charge is 0.372 e. The minimum absolute atomic E-state index is 0.0853. The smallest absolute Gasteiger partial charge is 0.251 e. The molecule has 1 aliphatic rings. The number of nitrogens with one attached hydrogen (secondary N) is 1. The molecule has 8 heteroatoms. The van der Waals surface area contributed by atoms with Crippen molar-refractivity contribution in [2.75, 3.05) is 18.5 Å². The number of para-hydroxylation sites is 1. The number of amides is 1. The molecule has 0 radical (unpaired) electrons. The summed E-state index contributed by atoms with van der Waals surface area (Å²) in [4.78, 5) is 12.0. The molecule has 0 saturated heterocycles. The Morgan fingerprint density at radius 2 is 2.04 bits per heavy atom. The first-order valence-electron chi connectivity index (χ1n) is 7.24. The van der Waals surface area contributed by atoms with E-state index in [-0.39, 0.29) is 24.0 Å². The molecule has 1 amide bonds. The van der Waals surface area contributed by atoms with E-state index in [9.17, 15) is 13.2 Å². The van der Waals surface area contributed by atoms with Crippen LogP contribution >= 0.6 is 0 Å². The minimum atomic E-state index is -3.19. The van der Waals surface area contributed by atoms with Gasteiger partial charge in [-0.25, -0.2) is 13.1 Å². The number of hydrogen-bond donors (Lipinski definition) is 1. The van der Waals surface area contributed by atoms with E-state index in [1.807, 2.05) is 30.3 Å². The Morgan fingerprint density at radius 1 is 1.30 bits per heavy atom. The van der Waals surface area contributed by atoms with Crippen molar-refractivity contribution in [1.82, 2.24) is 9.78 Å². The highest BCUT2D eigenvalue weighted by molar-refractivity contribution is 7.90. The molecule has 23 heavy (non-hydrogen) atoms. The van der Waals surface area contributed by atoms with Crippen LogP contribution in [0.4, 0.5) is 5.82 Å². The van der Waals surface area contributed by atoms with Gasteiger partial charge in [-0.3, -0.25) is 4.79 Å². The molecule has 0 aliphatic carbocycles. The second-order valence-electron chi connectivity index (χ2n) is 5.24. The molecular weight excluding hydrogens is 318 g/mol. The van der Waals surface area contributed by atoms with Crippen LogP contribution in [0.5, 0.6) is 0 Å². The maximum absolute atomic E-state index is 12.0. The van der Waals surface area contributed by atoms with Gasteiger partial charge in [-0.05, 0) is 19.1 Å². The number of ether oxygens (including phenoxy) is 1. The Hall–Kier alpha value is -2.19.